The van der Waals surface area contributed by atoms with Crippen molar-refractivity contribution in [3.63, 3.8) is 0 Å². The third kappa shape index (κ3) is 4.24. The van der Waals surface area contributed by atoms with E-state index in [1.54, 1.807) is 7.11 Å². The molecule has 2 heterocycles. The normalized spacial score (nSPS) is 25.4. The van der Waals surface area contributed by atoms with Crippen molar-refractivity contribution in [3.05, 3.63) is 41.1 Å². The molecular formula is C20H28N3O4+. The third-order valence-electron chi connectivity index (χ3n) is 5.47. The van der Waals surface area contributed by atoms with E-state index in [2.05, 4.69) is 17.6 Å². The van der Waals surface area contributed by atoms with Gasteiger partial charge >= 0.3 is 12.0 Å². The number of carbonyl (C=O) groups is 2. The second-order valence-electron chi connectivity index (χ2n) is 7.17. The van der Waals surface area contributed by atoms with Gasteiger partial charge in [-0.15, -0.1) is 0 Å². The number of piperidine rings is 1. The van der Waals surface area contributed by atoms with E-state index in [0.717, 1.165) is 24.9 Å². The van der Waals surface area contributed by atoms with Crippen LogP contribution in [0.2, 0.25) is 0 Å². The Balaban J connectivity index is 2.00. The van der Waals surface area contributed by atoms with Gasteiger partial charge < -0.3 is 25.0 Å². The summed E-state index contributed by atoms with van der Waals surface area (Å²) in [5, 5.41) is 5.71. The molecule has 0 spiro atoms. The van der Waals surface area contributed by atoms with Crippen LogP contribution in [0.25, 0.3) is 0 Å². The van der Waals surface area contributed by atoms with Crippen molar-refractivity contribution in [2.75, 3.05) is 27.3 Å². The quantitative estimate of drug-likeness (QED) is 0.670. The molecule has 1 unspecified atom stereocenters. The Bertz CT molecular complexity index is 746. The van der Waals surface area contributed by atoms with Crippen molar-refractivity contribution in [2.24, 2.45) is 0 Å². The number of likely N-dealkylation sites (tertiary alicyclic amines) is 1. The van der Waals surface area contributed by atoms with Gasteiger partial charge in [0, 0.05) is 0 Å². The van der Waals surface area contributed by atoms with Gasteiger partial charge in [0.1, 0.15) is 12.3 Å². The van der Waals surface area contributed by atoms with Crippen LogP contribution in [-0.2, 0) is 9.53 Å². The van der Waals surface area contributed by atoms with Crippen LogP contribution in [0.5, 0.6) is 5.75 Å². The van der Waals surface area contributed by atoms with Crippen LogP contribution in [0.4, 0.5) is 4.79 Å². The molecule has 0 saturated carbocycles. The molecule has 1 fully saturated rings. The van der Waals surface area contributed by atoms with Gasteiger partial charge in [-0.1, -0.05) is 12.1 Å². The number of benzene rings is 1. The van der Waals surface area contributed by atoms with Crippen LogP contribution in [0, 0.1) is 0 Å². The van der Waals surface area contributed by atoms with Gasteiger partial charge in [0.05, 0.1) is 44.1 Å². The molecule has 0 aliphatic carbocycles. The highest BCUT2D eigenvalue weighted by atomic mass is 16.5. The molecular weight excluding hydrogens is 346 g/mol. The number of hydrogen-bond acceptors (Lipinski definition) is 4. The Morgan fingerprint density at radius 2 is 2.11 bits per heavy atom. The van der Waals surface area contributed by atoms with Crippen molar-refractivity contribution < 1.29 is 24.0 Å². The maximum Gasteiger partial charge on any atom is 0.338 e. The molecule has 3 N–H and O–H groups in total. The van der Waals surface area contributed by atoms with Crippen LogP contribution in [0.3, 0.4) is 0 Å². The monoisotopic (exact) mass is 374 g/mol. The number of quaternary nitrogens is 1. The summed E-state index contributed by atoms with van der Waals surface area (Å²) in [6, 6.07) is 6.98. The minimum absolute atomic E-state index is 0.311. The van der Waals surface area contributed by atoms with Gasteiger partial charge in [0.2, 0.25) is 0 Å². The van der Waals surface area contributed by atoms with Crippen molar-refractivity contribution in [3.8, 4) is 5.75 Å². The fourth-order valence-corrected chi connectivity index (χ4v) is 3.92. The largest absolute Gasteiger partial charge is 0.497 e. The first kappa shape index (κ1) is 19.2. The van der Waals surface area contributed by atoms with E-state index < -0.39 is 12.0 Å². The predicted octanol–water partition coefficient (Wildman–Crippen LogP) is 0.934. The van der Waals surface area contributed by atoms with Crippen LogP contribution in [0.15, 0.2) is 35.5 Å². The Kier molecular flexibility index (Phi) is 6.01. The molecule has 7 heteroatoms. The minimum atomic E-state index is -0.573. The number of esters is 1. The third-order valence-corrected chi connectivity index (χ3v) is 5.47. The highest BCUT2D eigenvalue weighted by Crippen LogP contribution is 2.29. The molecule has 3 rings (SSSR count). The Morgan fingerprint density at radius 1 is 1.30 bits per heavy atom. The molecule has 0 radical (unpaired) electrons. The summed E-state index contributed by atoms with van der Waals surface area (Å²) < 4.78 is 10.3. The summed E-state index contributed by atoms with van der Waals surface area (Å²) in [6.45, 7) is 3.85. The maximum atomic E-state index is 12.6. The number of urea groups is 1. The zero-order chi connectivity index (χ0) is 19.4. The molecule has 0 bridgehead atoms. The molecule has 1 aromatic rings. The van der Waals surface area contributed by atoms with E-state index in [1.165, 1.54) is 18.4 Å². The van der Waals surface area contributed by atoms with Gasteiger partial charge in [-0.05, 0) is 43.9 Å². The van der Waals surface area contributed by atoms with Crippen molar-refractivity contribution in [2.45, 2.75) is 38.3 Å². The van der Waals surface area contributed by atoms with Gasteiger partial charge in [-0.2, -0.15) is 0 Å². The van der Waals surface area contributed by atoms with E-state index in [0.29, 0.717) is 29.6 Å². The lowest BCUT2D eigenvalue weighted by molar-refractivity contribution is -0.924. The van der Waals surface area contributed by atoms with E-state index in [4.69, 9.17) is 9.47 Å². The first-order chi connectivity index (χ1) is 13.0. The van der Waals surface area contributed by atoms with Crippen LogP contribution < -0.4 is 20.3 Å². The second-order valence-corrected chi connectivity index (χ2v) is 7.17. The first-order valence-corrected chi connectivity index (χ1v) is 9.41. The lowest BCUT2D eigenvalue weighted by atomic mass is 9.94. The van der Waals surface area contributed by atoms with Crippen molar-refractivity contribution >= 4 is 12.0 Å². The molecule has 0 aromatic heterocycles. The van der Waals surface area contributed by atoms with E-state index in [-0.39, 0.29) is 6.03 Å². The second kappa shape index (κ2) is 8.43. The molecule has 7 nitrogen and oxygen atoms in total. The van der Waals surface area contributed by atoms with E-state index >= 15 is 0 Å². The van der Waals surface area contributed by atoms with Crippen LogP contribution in [0.1, 0.15) is 37.8 Å². The highest BCUT2D eigenvalue weighted by molar-refractivity contribution is 5.95. The lowest BCUT2D eigenvalue weighted by Gasteiger charge is -2.34. The molecule has 1 saturated heterocycles. The van der Waals surface area contributed by atoms with Gasteiger partial charge in [-0.25, -0.2) is 9.59 Å². The fourth-order valence-electron chi connectivity index (χ4n) is 3.92. The lowest BCUT2D eigenvalue weighted by Crippen LogP contribution is -3.16. The maximum absolute atomic E-state index is 12.6. The van der Waals surface area contributed by atoms with Gasteiger partial charge in [-0.3, -0.25) is 0 Å². The molecule has 146 valence electrons. The Hall–Kier alpha value is -2.54. The summed E-state index contributed by atoms with van der Waals surface area (Å²) in [4.78, 5) is 26.4. The van der Waals surface area contributed by atoms with Crippen LogP contribution >= 0.6 is 0 Å². The predicted molar refractivity (Wildman–Crippen MR) is 100 cm³/mol. The topological polar surface area (TPSA) is 81.1 Å². The highest BCUT2D eigenvalue weighted by Gasteiger charge is 2.36. The molecule has 2 aliphatic rings. The van der Waals surface area contributed by atoms with Gasteiger partial charge in [0.25, 0.3) is 0 Å². The van der Waals surface area contributed by atoms with E-state index in [9.17, 15) is 9.59 Å². The number of hydrogen-bond donors (Lipinski definition) is 3. The zero-order valence-electron chi connectivity index (χ0n) is 16.1. The summed E-state index contributed by atoms with van der Waals surface area (Å²) in [5.74, 6) is 0.232. The van der Waals surface area contributed by atoms with Crippen LogP contribution in [-0.4, -0.2) is 45.4 Å². The smallest absolute Gasteiger partial charge is 0.338 e. The fraction of sp³-hybridized carbons (Fsp3) is 0.500. The number of ether oxygens (including phenoxy) is 2. The molecule has 3 atom stereocenters. The molecule has 27 heavy (non-hydrogen) atoms. The number of carbonyl (C=O) groups excluding carboxylic acids is 2. The average Bonchev–Trinajstić information content (AvgIpc) is 2.69. The SMILES string of the molecule is COC(=O)C1=C(C[NH+]2CCCC[C@H]2C)NC(=O)N[C@H]1c1cccc(OC)c1. The number of amides is 2. The van der Waals surface area contributed by atoms with Crippen molar-refractivity contribution in [1.82, 2.24) is 10.6 Å². The Labute approximate surface area is 159 Å². The summed E-state index contributed by atoms with van der Waals surface area (Å²) in [5.41, 5.74) is 1.88. The number of nitrogens with one attached hydrogen (secondary N) is 3. The molecule has 2 amide bonds. The average molecular weight is 374 g/mol. The summed E-state index contributed by atoms with van der Waals surface area (Å²) in [7, 11) is 2.95. The van der Waals surface area contributed by atoms with E-state index in [1.807, 2.05) is 24.3 Å². The standard InChI is InChI=1S/C20H27N3O4/c1-13-7-4-5-10-23(13)12-16-17(19(24)27-3)18(22-20(25)21-16)14-8-6-9-15(11-14)26-2/h6,8-9,11,13,18H,4-5,7,10,12H2,1-3H3,(H2,21,22,25)/p+1/t13-,18+/m1/s1. The molecule has 1 aromatic carbocycles. The van der Waals surface area contributed by atoms with Gasteiger partial charge in [0.15, 0.2) is 0 Å². The zero-order valence-corrected chi connectivity index (χ0v) is 16.1. The number of rotatable bonds is 5. The molecule has 2 aliphatic heterocycles. The van der Waals surface area contributed by atoms with Crippen molar-refractivity contribution in [1.29, 1.82) is 0 Å². The summed E-state index contributed by atoms with van der Waals surface area (Å²) >= 11 is 0. The Morgan fingerprint density at radius 3 is 2.81 bits per heavy atom. The first-order valence-electron chi connectivity index (χ1n) is 9.41. The summed E-state index contributed by atoms with van der Waals surface area (Å²) in [6.07, 6.45) is 3.54. The number of methoxy groups -OCH3 is 2. The minimum Gasteiger partial charge on any atom is -0.497 e.